The smallest absolute Gasteiger partial charge is 0.280 e. The maximum absolute atomic E-state index is 12.0. The topological polar surface area (TPSA) is 90.7 Å². The first-order valence-corrected chi connectivity index (χ1v) is 7.79. The molecular weight excluding hydrogens is 298 g/mol. The highest BCUT2D eigenvalue weighted by Crippen LogP contribution is 2.34. The molecule has 0 radical (unpaired) electrons. The van der Waals surface area contributed by atoms with Crippen molar-refractivity contribution in [1.29, 1.82) is 0 Å². The van der Waals surface area contributed by atoms with Crippen LogP contribution in [0.1, 0.15) is 15.9 Å². The summed E-state index contributed by atoms with van der Waals surface area (Å²) in [6.45, 7) is 1.82. The van der Waals surface area contributed by atoms with Gasteiger partial charge < -0.3 is 16.2 Å². The van der Waals surface area contributed by atoms with E-state index < -0.39 is 5.91 Å². The van der Waals surface area contributed by atoms with Crippen LogP contribution in [0.3, 0.4) is 0 Å². The highest BCUT2D eigenvalue weighted by atomic mass is 32.2. The molecule has 114 valence electrons. The third-order valence-electron chi connectivity index (χ3n) is 2.94. The zero-order chi connectivity index (χ0) is 16.1. The largest absolute Gasteiger partial charge is 0.456 e. The fourth-order valence-electron chi connectivity index (χ4n) is 1.92. The molecule has 0 atom stereocenters. The van der Waals surface area contributed by atoms with Crippen molar-refractivity contribution in [2.24, 2.45) is 16.5 Å². The van der Waals surface area contributed by atoms with Crippen molar-refractivity contribution < 1.29 is 9.53 Å². The van der Waals surface area contributed by atoms with Gasteiger partial charge in [-0.15, -0.1) is 11.8 Å². The van der Waals surface area contributed by atoms with Crippen LogP contribution >= 0.6 is 11.8 Å². The number of aryl methyl sites for hydroxylation is 1. The maximum atomic E-state index is 12.0. The number of nitrogens with zero attached hydrogens (tertiary/aromatic N) is 1. The Kier molecular flexibility index (Phi) is 5.06. The van der Waals surface area contributed by atoms with E-state index in [2.05, 4.69) is 4.99 Å². The van der Waals surface area contributed by atoms with E-state index in [0.717, 1.165) is 16.2 Å². The Labute approximate surface area is 133 Å². The van der Waals surface area contributed by atoms with Gasteiger partial charge in [-0.05, 0) is 43.0 Å². The monoisotopic (exact) mass is 315 g/mol. The van der Waals surface area contributed by atoms with Gasteiger partial charge in [0.15, 0.2) is 5.96 Å². The molecule has 1 amide bonds. The summed E-state index contributed by atoms with van der Waals surface area (Å²) in [6.07, 6.45) is 1.91. The summed E-state index contributed by atoms with van der Waals surface area (Å²) in [5.74, 6) is 0.719. The van der Waals surface area contributed by atoms with Crippen LogP contribution < -0.4 is 16.2 Å². The van der Waals surface area contributed by atoms with Gasteiger partial charge >= 0.3 is 0 Å². The average Bonchev–Trinajstić information content (AvgIpc) is 2.47. The first-order chi connectivity index (χ1) is 10.5. The lowest BCUT2D eigenvalue weighted by Crippen LogP contribution is -2.24. The molecule has 0 aliphatic carbocycles. The van der Waals surface area contributed by atoms with Gasteiger partial charge in [0, 0.05) is 5.56 Å². The zero-order valence-electron chi connectivity index (χ0n) is 12.4. The van der Waals surface area contributed by atoms with E-state index in [1.807, 2.05) is 49.6 Å². The molecule has 22 heavy (non-hydrogen) atoms. The van der Waals surface area contributed by atoms with Crippen molar-refractivity contribution in [2.45, 2.75) is 11.8 Å². The number of rotatable bonds is 4. The van der Waals surface area contributed by atoms with Crippen molar-refractivity contribution in [1.82, 2.24) is 0 Å². The number of hydrogen-bond acceptors (Lipinski definition) is 3. The minimum Gasteiger partial charge on any atom is -0.456 e. The van der Waals surface area contributed by atoms with E-state index in [0.29, 0.717) is 11.3 Å². The molecule has 4 N–H and O–H groups in total. The summed E-state index contributed by atoms with van der Waals surface area (Å²) in [4.78, 5) is 16.4. The molecule has 0 saturated carbocycles. The summed E-state index contributed by atoms with van der Waals surface area (Å²) >= 11 is 1.49. The van der Waals surface area contributed by atoms with Crippen molar-refractivity contribution in [3.05, 3.63) is 53.6 Å². The van der Waals surface area contributed by atoms with Crippen LogP contribution in [0.15, 0.2) is 52.4 Å². The minimum atomic E-state index is -0.459. The number of para-hydroxylation sites is 1. The lowest BCUT2D eigenvalue weighted by Gasteiger charge is -2.12. The number of ether oxygens (including phenoxy) is 1. The second-order valence-electron chi connectivity index (χ2n) is 4.57. The van der Waals surface area contributed by atoms with Crippen LogP contribution in [-0.4, -0.2) is 18.1 Å². The molecule has 0 bridgehead atoms. The molecule has 2 aromatic carbocycles. The fraction of sp³-hybridized carbons (Fsp3) is 0.125. The lowest BCUT2D eigenvalue weighted by molar-refractivity contribution is 0.100. The highest BCUT2D eigenvalue weighted by Gasteiger charge is 2.14. The van der Waals surface area contributed by atoms with Crippen LogP contribution in [0.2, 0.25) is 0 Å². The minimum absolute atomic E-state index is 0.250. The second-order valence-corrected chi connectivity index (χ2v) is 5.42. The number of hydrogen-bond donors (Lipinski definition) is 2. The number of guanidine groups is 1. The SMILES string of the molecule is CSc1cc(C(=O)N=C(N)N)c(C)cc1Oc1ccccc1. The van der Waals surface area contributed by atoms with Crippen LogP contribution in [0.25, 0.3) is 0 Å². The third-order valence-corrected chi connectivity index (χ3v) is 3.70. The normalized spacial score (nSPS) is 10.1. The van der Waals surface area contributed by atoms with Gasteiger partial charge in [0.1, 0.15) is 11.5 Å². The standard InChI is InChI=1S/C16H17N3O2S/c1-10-8-13(21-11-6-4-3-5-7-11)14(22-2)9-12(10)15(20)19-16(17)18/h3-9H,1-2H3,(H4,17,18,19,20). The molecule has 0 saturated heterocycles. The third kappa shape index (κ3) is 3.79. The number of benzene rings is 2. The van der Waals surface area contributed by atoms with Crippen molar-refractivity contribution in [2.75, 3.05) is 6.26 Å². The molecular formula is C16H17N3O2S. The molecule has 0 spiro atoms. The van der Waals surface area contributed by atoms with Crippen molar-refractivity contribution >= 4 is 23.6 Å². The van der Waals surface area contributed by atoms with Gasteiger partial charge in [-0.3, -0.25) is 4.79 Å². The fourth-order valence-corrected chi connectivity index (χ4v) is 2.46. The molecule has 0 heterocycles. The maximum Gasteiger partial charge on any atom is 0.280 e. The van der Waals surface area contributed by atoms with Crippen LogP contribution in [0.4, 0.5) is 0 Å². The quantitative estimate of drug-likeness (QED) is 0.514. The number of amides is 1. The summed E-state index contributed by atoms with van der Waals surface area (Å²) in [5, 5.41) is 0. The number of carbonyl (C=O) groups is 1. The Hall–Kier alpha value is -2.47. The summed E-state index contributed by atoms with van der Waals surface area (Å²) < 4.78 is 5.88. The molecule has 5 nitrogen and oxygen atoms in total. The Bertz CT molecular complexity index is 711. The van der Waals surface area contributed by atoms with Crippen LogP contribution in [0.5, 0.6) is 11.5 Å². The van der Waals surface area contributed by atoms with E-state index in [1.54, 1.807) is 6.07 Å². The second kappa shape index (κ2) is 7.00. The Morgan fingerprint density at radius 2 is 1.86 bits per heavy atom. The van der Waals surface area contributed by atoms with Crippen LogP contribution in [0, 0.1) is 6.92 Å². The number of nitrogens with two attached hydrogens (primary N) is 2. The van der Waals surface area contributed by atoms with Crippen LogP contribution in [-0.2, 0) is 0 Å². The van der Waals surface area contributed by atoms with Gasteiger partial charge in [0.05, 0.1) is 4.90 Å². The van der Waals surface area contributed by atoms with Gasteiger partial charge in [-0.25, -0.2) is 0 Å². The Balaban J connectivity index is 2.39. The van der Waals surface area contributed by atoms with Crippen molar-refractivity contribution in [3.8, 4) is 11.5 Å². The molecule has 0 aliphatic heterocycles. The number of thioether (sulfide) groups is 1. The first-order valence-electron chi connectivity index (χ1n) is 6.56. The van der Waals surface area contributed by atoms with E-state index in [4.69, 9.17) is 16.2 Å². The molecule has 0 aromatic heterocycles. The highest BCUT2D eigenvalue weighted by molar-refractivity contribution is 7.98. The molecule has 0 unspecified atom stereocenters. The Morgan fingerprint density at radius 3 is 2.45 bits per heavy atom. The van der Waals surface area contributed by atoms with E-state index in [1.165, 1.54) is 11.8 Å². The first kappa shape index (κ1) is 15.9. The lowest BCUT2D eigenvalue weighted by atomic mass is 10.1. The van der Waals surface area contributed by atoms with E-state index in [9.17, 15) is 4.79 Å². The summed E-state index contributed by atoms with van der Waals surface area (Å²) in [7, 11) is 0. The van der Waals surface area contributed by atoms with Gasteiger partial charge in [-0.2, -0.15) is 4.99 Å². The summed E-state index contributed by atoms with van der Waals surface area (Å²) in [6, 6.07) is 13.0. The molecule has 2 aromatic rings. The molecule has 6 heteroatoms. The van der Waals surface area contributed by atoms with Gasteiger partial charge in [-0.1, -0.05) is 18.2 Å². The van der Waals surface area contributed by atoms with Crippen molar-refractivity contribution in [3.63, 3.8) is 0 Å². The number of carbonyl (C=O) groups excluding carboxylic acids is 1. The zero-order valence-corrected chi connectivity index (χ0v) is 13.2. The molecule has 0 fully saturated rings. The molecule has 2 rings (SSSR count). The predicted molar refractivity (Wildman–Crippen MR) is 89.6 cm³/mol. The van der Waals surface area contributed by atoms with E-state index in [-0.39, 0.29) is 5.96 Å². The van der Waals surface area contributed by atoms with Gasteiger partial charge in [0.25, 0.3) is 5.91 Å². The Morgan fingerprint density at radius 1 is 1.18 bits per heavy atom. The summed E-state index contributed by atoms with van der Waals surface area (Å²) in [5.41, 5.74) is 11.7. The van der Waals surface area contributed by atoms with E-state index >= 15 is 0 Å². The van der Waals surface area contributed by atoms with Gasteiger partial charge in [0.2, 0.25) is 0 Å². The number of aliphatic imine (C=N–C) groups is 1. The average molecular weight is 315 g/mol. The predicted octanol–water partition coefficient (Wildman–Crippen LogP) is 2.92. The molecule has 0 aliphatic rings.